The zero-order chi connectivity index (χ0) is 21.8. The zero-order valence-corrected chi connectivity index (χ0v) is 18.4. The third-order valence-corrected chi connectivity index (χ3v) is 6.10. The summed E-state index contributed by atoms with van der Waals surface area (Å²) >= 11 is 0. The van der Waals surface area contributed by atoms with Gasteiger partial charge in [-0.05, 0) is 43.0 Å². The highest BCUT2D eigenvalue weighted by molar-refractivity contribution is 7.89. The fraction of sp³-hybridized carbons (Fsp3) is 0.381. The van der Waals surface area contributed by atoms with Crippen molar-refractivity contribution in [3.05, 3.63) is 47.5 Å². The summed E-state index contributed by atoms with van der Waals surface area (Å²) in [6.07, 6.45) is 0. The van der Waals surface area contributed by atoms with Crippen molar-refractivity contribution >= 4 is 21.6 Å². The molecule has 0 fully saturated rings. The monoisotopic (exact) mass is 420 g/mol. The third-order valence-electron chi connectivity index (χ3n) is 4.57. The molecule has 2 N–H and O–H groups in total. The predicted octanol–water partition coefficient (Wildman–Crippen LogP) is 3.44. The lowest BCUT2D eigenvalue weighted by molar-refractivity contribution is -0.117. The second-order valence-corrected chi connectivity index (χ2v) is 8.76. The fourth-order valence-corrected chi connectivity index (χ4v) is 4.13. The molecule has 0 bridgehead atoms. The number of nitrogens with one attached hydrogen (secondary N) is 2. The minimum Gasteiger partial charge on any atom is -0.493 e. The molecular formula is C21H28N2O5S. The first-order valence-corrected chi connectivity index (χ1v) is 10.7. The van der Waals surface area contributed by atoms with Crippen LogP contribution in [0.15, 0.2) is 41.3 Å². The lowest BCUT2D eigenvalue weighted by Gasteiger charge is -2.19. The van der Waals surface area contributed by atoms with Crippen molar-refractivity contribution in [3.8, 4) is 11.5 Å². The first-order valence-electron chi connectivity index (χ1n) is 9.25. The number of hydrogen-bond acceptors (Lipinski definition) is 5. The Labute approximate surface area is 172 Å². The second-order valence-electron chi connectivity index (χ2n) is 7.04. The van der Waals surface area contributed by atoms with Crippen LogP contribution in [0.25, 0.3) is 0 Å². The van der Waals surface area contributed by atoms with Crippen molar-refractivity contribution in [2.45, 2.75) is 44.6 Å². The van der Waals surface area contributed by atoms with Gasteiger partial charge in [-0.1, -0.05) is 32.0 Å². The average molecular weight is 421 g/mol. The van der Waals surface area contributed by atoms with Crippen molar-refractivity contribution in [3.63, 3.8) is 0 Å². The number of carbonyl (C=O) groups excluding carboxylic acids is 1. The Morgan fingerprint density at radius 1 is 1.00 bits per heavy atom. The number of methoxy groups -OCH3 is 2. The van der Waals surface area contributed by atoms with Crippen molar-refractivity contribution in [1.29, 1.82) is 0 Å². The number of hydrogen-bond donors (Lipinski definition) is 2. The Balaban J connectivity index is 2.21. The summed E-state index contributed by atoms with van der Waals surface area (Å²) in [7, 11) is -1.05. The van der Waals surface area contributed by atoms with E-state index in [4.69, 9.17) is 9.47 Å². The van der Waals surface area contributed by atoms with Crippen molar-refractivity contribution in [2.75, 3.05) is 19.5 Å². The summed E-state index contributed by atoms with van der Waals surface area (Å²) in [4.78, 5) is 12.7. The predicted molar refractivity (Wildman–Crippen MR) is 113 cm³/mol. The van der Waals surface area contributed by atoms with Crippen LogP contribution in [0.2, 0.25) is 0 Å². The molecule has 0 aliphatic rings. The molecule has 0 saturated heterocycles. The highest BCUT2D eigenvalue weighted by Gasteiger charge is 2.24. The molecule has 2 aromatic carbocycles. The zero-order valence-electron chi connectivity index (χ0n) is 17.6. The number of aryl methyl sites for hydroxylation is 1. The molecule has 2 aromatic rings. The van der Waals surface area contributed by atoms with Crippen molar-refractivity contribution < 1.29 is 22.7 Å². The van der Waals surface area contributed by atoms with Crippen molar-refractivity contribution in [1.82, 2.24) is 4.72 Å². The average Bonchev–Trinajstić information content (AvgIpc) is 2.68. The van der Waals surface area contributed by atoms with Gasteiger partial charge in [0.15, 0.2) is 11.5 Å². The van der Waals surface area contributed by atoms with Gasteiger partial charge in [0.1, 0.15) is 0 Å². The lowest BCUT2D eigenvalue weighted by atomic mass is 9.98. The molecule has 29 heavy (non-hydrogen) atoms. The normalized spacial score (nSPS) is 12.5. The van der Waals surface area contributed by atoms with Crippen LogP contribution >= 0.6 is 0 Å². The van der Waals surface area contributed by atoms with Gasteiger partial charge < -0.3 is 14.8 Å². The first kappa shape index (κ1) is 22.7. The minimum absolute atomic E-state index is 0.0199. The van der Waals surface area contributed by atoms with Crippen molar-refractivity contribution in [2.24, 2.45) is 0 Å². The van der Waals surface area contributed by atoms with Crippen LogP contribution < -0.4 is 19.5 Å². The molecule has 0 aliphatic heterocycles. The van der Waals surface area contributed by atoms with E-state index in [-0.39, 0.29) is 16.6 Å². The highest BCUT2D eigenvalue weighted by Crippen LogP contribution is 2.30. The van der Waals surface area contributed by atoms with E-state index >= 15 is 0 Å². The summed E-state index contributed by atoms with van der Waals surface area (Å²) < 4.78 is 38.1. The molecule has 7 nitrogen and oxygen atoms in total. The van der Waals surface area contributed by atoms with E-state index in [2.05, 4.69) is 10.0 Å². The number of para-hydroxylation sites is 1. The number of sulfonamides is 1. The summed E-state index contributed by atoms with van der Waals surface area (Å²) in [5, 5.41) is 2.86. The van der Waals surface area contributed by atoms with E-state index in [1.807, 2.05) is 39.0 Å². The molecule has 158 valence electrons. The molecule has 0 aromatic heterocycles. The van der Waals surface area contributed by atoms with Crippen LogP contribution in [-0.2, 0) is 14.8 Å². The number of carbonyl (C=O) groups is 1. The summed E-state index contributed by atoms with van der Waals surface area (Å²) in [6, 6.07) is 9.05. The minimum atomic E-state index is -3.94. The maximum atomic E-state index is 12.7. The molecular weight excluding hydrogens is 392 g/mol. The highest BCUT2D eigenvalue weighted by atomic mass is 32.2. The Bertz CT molecular complexity index is 987. The number of rotatable bonds is 8. The third kappa shape index (κ3) is 5.27. The molecule has 0 radical (unpaired) electrons. The molecule has 0 saturated carbocycles. The maximum Gasteiger partial charge on any atom is 0.242 e. The van der Waals surface area contributed by atoms with Gasteiger partial charge in [-0.3, -0.25) is 4.79 Å². The van der Waals surface area contributed by atoms with E-state index in [9.17, 15) is 13.2 Å². The van der Waals surface area contributed by atoms with Crippen LogP contribution in [0, 0.1) is 6.92 Å². The summed E-state index contributed by atoms with van der Waals surface area (Å²) in [5.74, 6) is 0.473. The molecule has 1 amide bonds. The number of anilines is 1. The molecule has 1 atom stereocenters. The van der Waals surface area contributed by atoms with Gasteiger partial charge in [-0.25, -0.2) is 8.42 Å². The Morgan fingerprint density at radius 2 is 1.66 bits per heavy atom. The Morgan fingerprint density at radius 3 is 2.24 bits per heavy atom. The number of amides is 1. The topological polar surface area (TPSA) is 93.7 Å². The lowest BCUT2D eigenvalue weighted by Crippen LogP contribution is -2.41. The summed E-state index contributed by atoms with van der Waals surface area (Å²) in [5.41, 5.74) is 2.62. The molecule has 0 unspecified atom stereocenters. The fourth-order valence-electron chi connectivity index (χ4n) is 2.91. The number of benzene rings is 2. The molecule has 0 spiro atoms. The van der Waals surface area contributed by atoms with E-state index in [1.165, 1.54) is 39.3 Å². The van der Waals surface area contributed by atoms with Crippen LogP contribution in [-0.4, -0.2) is 34.6 Å². The van der Waals surface area contributed by atoms with Gasteiger partial charge in [-0.2, -0.15) is 4.72 Å². The maximum absolute atomic E-state index is 12.7. The standard InChI is InChI=1S/C21H28N2O5S/c1-13(2)17-9-7-8-14(3)20(17)22-21(24)15(4)23-29(25,26)16-10-11-18(27-5)19(12-16)28-6/h7-13,15,23H,1-6H3,(H,22,24)/t15-/m0/s1. The van der Waals surface area contributed by atoms with Gasteiger partial charge in [-0.15, -0.1) is 0 Å². The van der Waals surface area contributed by atoms with E-state index < -0.39 is 22.0 Å². The van der Waals surface area contributed by atoms with E-state index in [0.29, 0.717) is 11.4 Å². The van der Waals surface area contributed by atoms with Gasteiger partial charge in [0.2, 0.25) is 15.9 Å². The van der Waals surface area contributed by atoms with E-state index in [1.54, 1.807) is 0 Å². The van der Waals surface area contributed by atoms with Gasteiger partial charge in [0.25, 0.3) is 0 Å². The first-order chi connectivity index (χ1) is 13.6. The molecule has 2 rings (SSSR count). The van der Waals surface area contributed by atoms with Crippen LogP contribution in [0.5, 0.6) is 11.5 Å². The Kier molecular flexibility index (Phi) is 7.26. The smallest absolute Gasteiger partial charge is 0.242 e. The molecule has 0 heterocycles. The van der Waals surface area contributed by atoms with Gasteiger partial charge in [0, 0.05) is 11.8 Å². The molecule has 8 heteroatoms. The quantitative estimate of drug-likeness (QED) is 0.682. The largest absolute Gasteiger partial charge is 0.493 e. The van der Waals surface area contributed by atoms with Gasteiger partial charge >= 0.3 is 0 Å². The SMILES string of the molecule is COc1ccc(S(=O)(=O)N[C@@H](C)C(=O)Nc2c(C)cccc2C(C)C)cc1OC. The summed E-state index contributed by atoms with van der Waals surface area (Å²) in [6.45, 7) is 7.47. The van der Waals surface area contributed by atoms with Gasteiger partial charge in [0.05, 0.1) is 25.2 Å². The second kappa shape index (κ2) is 9.28. The van der Waals surface area contributed by atoms with Crippen LogP contribution in [0.3, 0.4) is 0 Å². The molecule has 0 aliphatic carbocycles. The number of ether oxygens (including phenoxy) is 2. The Hall–Kier alpha value is -2.58. The van der Waals surface area contributed by atoms with E-state index in [0.717, 1.165) is 11.1 Å². The van der Waals surface area contributed by atoms with Crippen LogP contribution in [0.4, 0.5) is 5.69 Å². The van der Waals surface area contributed by atoms with Crippen LogP contribution in [0.1, 0.15) is 37.8 Å².